The molecule has 1 aliphatic rings. The van der Waals surface area contributed by atoms with E-state index in [0.717, 1.165) is 6.54 Å². The molecule has 0 bridgehead atoms. The van der Waals surface area contributed by atoms with Crippen LogP contribution in [0.3, 0.4) is 0 Å². The summed E-state index contributed by atoms with van der Waals surface area (Å²) in [5.74, 6) is -0.839. The summed E-state index contributed by atoms with van der Waals surface area (Å²) in [4.78, 5) is 12.5. The van der Waals surface area contributed by atoms with Crippen molar-refractivity contribution < 1.29 is 19.7 Å². The second kappa shape index (κ2) is 5.29. The molecule has 14 heavy (non-hydrogen) atoms. The summed E-state index contributed by atoms with van der Waals surface area (Å²) in [5, 5.41) is 17.8. The van der Waals surface area contributed by atoms with E-state index in [1.807, 2.05) is 4.90 Å². The molecule has 2 unspecified atom stereocenters. The van der Waals surface area contributed by atoms with E-state index in [2.05, 4.69) is 0 Å². The van der Waals surface area contributed by atoms with E-state index >= 15 is 0 Å². The van der Waals surface area contributed by atoms with Crippen LogP contribution in [0.5, 0.6) is 0 Å². The number of carbonyl (C=O) groups is 1. The minimum absolute atomic E-state index is 0.0380. The van der Waals surface area contributed by atoms with E-state index < -0.39 is 5.97 Å². The van der Waals surface area contributed by atoms with Gasteiger partial charge in [0.15, 0.2) is 0 Å². The van der Waals surface area contributed by atoms with Crippen LogP contribution in [-0.2, 0) is 9.53 Å². The van der Waals surface area contributed by atoms with Crippen molar-refractivity contribution in [1.82, 2.24) is 4.90 Å². The smallest absolute Gasteiger partial charge is 0.306 e. The lowest BCUT2D eigenvalue weighted by molar-refractivity contribution is -0.142. The first-order valence-electron chi connectivity index (χ1n) is 4.81. The zero-order chi connectivity index (χ0) is 10.6. The number of hydrogen-bond acceptors (Lipinski definition) is 4. The van der Waals surface area contributed by atoms with Crippen LogP contribution in [0.25, 0.3) is 0 Å². The fourth-order valence-corrected chi connectivity index (χ4v) is 1.64. The van der Waals surface area contributed by atoms with Crippen molar-refractivity contribution in [2.24, 2.45) is 0 Å². The molecule has 1 saturated heterocycles. The number of carboxylic acid groups (broad SMARTS) is 1. The second-order valence-electron chi connectivity index (χ2n) is 3.70. The number of rotatable bonds is 4. The van der Waals surface area contributed by atoms with Crippen molar-refractivity contribution in [3.05, 3.63) is 0 Å². The Balaban J connectivity index is 2.32. The van der Waals surface area contributed by atoms with Gasteiger partial charge in [0.25, 0.3) is 0 Å². The fourth-order valence-electron chi connectivity index (χ4n) is 1.64. The van der Waals surface area contributed by atoms with E-state index in [1.54, 1.807) is 6.92 Å². The van der Waals surface area contributed by atoms with Crippen molar-refractivity contribution in [3.63, 3.8) is 0 Å². The van der Waals surface area contributed by atoms with Gasteiger partial charge >= 0.3 is 5.97 Å². The summed E-state index contributed by atoms with van der Waals surface area (Å²) >= 11 is 0. The highest BCUT2D eigenvalue weighted by Gasteiger charge is 2.22. The lowest BCUT2D eigenvalue weighted by Gasteiger charge is -2.32. The van der Waals surface area contributed by atoms with E-state index in [-0.39, 0.29) is 18.6 Å². The van der Waals surface area contributed by atoms with Crippen molar-refractivity contribution in [2.75, 3.05) is 26.2 Å². The Bertz CT molecular complexity index is 195. The normalized spacial score (nSPS) is 26.0. The standard InChI is InChI=1S/C9H17NO4/c1-7(11)5-10-2-3-14-8(6-10)4-9(12)13/h7-8,11H,2-6H2,1H3,(H,12,13). The number of ether oxygens (including phenoxy) is 1. The van der Waals surface area contributed by atoms with Crippen molar-refractivity contribution in [3.8, 4) is 0 Å². The largest absolute Gasteiger partial charge is 0.481 e. The van der Waals surface area contributed by atoms with Crippen LogP contribution in [0.1, 0.15) is 13.3 Å². The van der Waals surface area contributed by atoms with Crippen LogP contribution in [0.2, 0.25) is 0 Å². The van der Waals surface area contributed by atoms with Gasteiger partial charge in [0.1, 0.15) is 0 Å². The molecule has 0 aromatic heterocycles. The SMILES string of the molecule is CC(O)CN1CCOC(CC(=O)O)C1. The molecule has 1 heterocycles. The van der Waals surface area contributed by atoms with Gasteiger partial charge in [-0.05, 0) is 6.92 Å². The lowest BCUT2D eigenvalue weighted by Crippen LogP contribution is -2.45. The molecule has 5 nitrogen and oxygen atoms in total. The number of β-amino-alcohol motifs (C(OH)–C–C–N with tert-alkyl or cyclic N) is 1. The first kappa shape index (κ1) is 11.4. The molecule has 1 fully saturated rings. The van der Waals surface area contributed by atoms with Gasteiger partial charge in [-0.3, -0.25) is 9.69 Å². The quantitative estimate of drug-likeness (QED) is 0.647. The van der Waals surface area contributed by atoms with Gasteiger partial charge < -0.3 is 14.9 Å². The first-order valence-corrected chi connectivity index (χ1v) is 4.81. The van der Waals surface area contributed by atoms with E-state index in [0.29, 0.717) is 19.7 Å². The number of hydrogen-bond donors (Lipinski definition) is 2. The van der Waals surface area contributed by atoms with Crippen LogP contribution in [0.4, 0.5) is 0 Å². The summed E-state index contributed by atoms with van der Waals surface area (Å²) in [7, 11) is 0. The summed E-state index contributed by atoms with van der Waals surface area (Å²) in [5.41, 5.74) is 0. The van der Waals surface area contributed by atoms with Crippen LogP contribution in [0, 0.1) is 0 Å². The molecule has 2 atom stereocenters. The predicted molar refractivity (Wildman–Crippen MR) is 50.1 cm³/mol. The number of carboxylic acids is 1. The molecule has 0 amide bonds. The second-order valence-corrected chi connectivity index (χ2v) is 3.70. The van der Waals surface area contributed by atoms with E-state index in [4.69, 9.17) is 9.84 Å². The summed E-state index contributed by atoms with van der Waals surface area (Å²) in [6, 6.07) is 0. The Morgan fingerprint density at radius 3 is 3.00 bits per heavy atom. The molecule has 82 valence electrons. The fraction of sp³-hybridized carbons (Fsp3) is 0.889. The number of aliphatic hydroxyl groups excluding tert-OH is 1. The predicted octanol–water partition coefficient (Wildman–Crippen LogP) is -0.457. The van der Waals surface area contributed by atoms with Gasteiger partial charge in [0.05, 0.1) is 25.2 Å². The number of morpholine rings is 1. The molecule has 0 aromatic rings. The Morgan fingerprint density at radius 2 is 2.43 bits per heavy atom. The summed E-state index contributed by atoms with van der Waals surface area (Å²) in [6.07, 6.45) is -0.574. The molecule has 0 aromatic carbocycles. The monoisotopic (exact) mass is 203 g/mol. The Labute approximate surface area is 83.3 Å². The number of aliphatic hydroxyl groups is 1. The Kier molecular flexibility index (Phi) is 4.31. The molecule has 0 aliphatic carbocycles. The minimum atomic E-state index is -0.839. The minimum Gasteiger partial charge on any atom is -0.481 e. The average molecular weight is 203 g/mol. The van der Waals surface area contributed by atoms with E-state index in [9.17, 15) is 9.90 Å². The molecule has 0 radical (unpaired) electrons. The van der Waals surface area contributed by atoms with Crippen LogP contribution in [-0.4, -0.2) is 59.5 Å². The Hall–Kier alpha value is -0.650. The summed E-state index contributed by atoms with van der Waals surface area (Å²) < 4.78 is 5.30. The van der Waals surface area contributed by atoms with Gasteiger partial charge in [-0.15, -0.1) is 0 Å². The molecular formula is C9H17NO4. The third-order valence-electron chi connectivity index (χ3n) is 2.15. The molecule has 2 N–H and O–H groups in total. The zero-order valence-corrected chi connectivity index (χ0v) is 8.35. The van der Waals surface area contributed by atoms with Gasteiger partial charge in [0, 0.05) is 19.6 Å². The van der Waals surface area contributed by atoms with Gasteiger partial charge in [-0.2, -0.15) is 0 Å². The first-order chi connectivity index (χ1) is 6.58. The molecule has 1 aliphatic heterocycles. The Morgan fingerprint density at radius 1 is 1.71 bits per heavy atom. The molecule has 1 rings (SSSR count). The maximum Gasteiger partial charge on any atom is 0.306 e. The zero-order valence-electron chi connectivity index (χ0n) is 8.35. The number of aliphatic carboxylic acids is 1. The molecule has 0 saturated carbocycles. The van der Waals surface area contributed by atoms with Gasteiger partial charge in [0.2, 0.25) is 0 Å². The lowest BCUT2D eigenvalue weighted by atomic mass is 10.2. The molecule has 5 heteroatoms. The highest BCUT2D eigenvalue weighted by atomic mass is 16.5. The van der Waals surface area contributed by atoms with Crippen molar-refractivity contribution >= 4 is 5.97 Å². The third kappa shape index (κ3) is 4.04. The average Bonchev–Trinajstić information content (AvgIpc) is 2.01. The van der Waals surface area contributed by atoms with Gasteiger partial charge in [-0.1, -0.05) is 0 Å². The molecule has 0 spiro atoms. The highest BCUT2D eigenvalue weighted by molar-refractivity contribution is 5.67. The van der Waals surface area contributed by atoms with Crippen molar-refractivity contribution in [1.29, 1.82) is 0 Å². The van der Waals surface area contributed by atoms with Gasteiger partial charge in [-0.25, -0.2) is 0 Å². The number of nitrogens with zero attached hydrogens (tertiary/aromatic N) is 1. The van der Waals surface area contributed by atoms with Crippen LogP contribution in [0.15, 0.2) is 0 Å². The summed E-state index contributed by atoms with van der Waals surface area (Å²) in [6.45, 7) is 4.21. The maximum atomic E-state index is 10.4. The van der Waals surface area contributed by atoms with Crippen LogP contribution >= 0.6 is 0 Å². The maximum absolute atomic E-state index is 10.4. The third-order valence-corrected chi connectivity index (χ3v) is 2.15. The molecular weight excluding hydrogens is 186 g/mol. The topological polar surface area (TPSA) is 70.0 Å². The van der Waals surface area contributed by atoms with Crippen LogP contribution < -0.4 is 0 Å². The highest BCUT2D eigenvalue weighted by Crippen LogP contribution is 2.08. The van der Waals surface area contributed by atoms with E-state index in [1.165, 1.54) is 0 Å². The van der Waals surface area contributed by atoms with Crippen molar-refractivity contribution in [2.45, 2.75) is 25.6 Å².